The second kappa shape index (κ2) is 6.26. The molecule has 0 aliphatic carbocycles. The van der Waals surface area contributed by atoms with E-state index in [9.17, 15) is 0 Å². The molecule has 0 saturated carbocycles. The van der Waals surface area contributed by atoms with Crippen LogP contribution in [0.1, 0.15) is 6.92 Å². The zero-order valence-electron chi connectivity index (χ0n) is 11.7. The molecule has 2 aromatic rings. The first-order valence-corrected chi connectivity index (χ1v) is 6.10. The van der Waals surface area contributed by atoms with Crippen LogP contribution in [-0.2, 0) is 4.74 Å². The van der Waals surface area contributed by atoms with E-state index in [0.29, 0.717) is 18.4 Å². The molecule has 0 radical (unpaired) electrons. The molecule has 3 N–H and O–H groups in total. The van der Waals surface area contributed by atoms with Crippen molar-refractivity contribution in [2.24, 2.45) is 5.84 Å². The summed E-state index contributed by atoms with van der Waals surface area (Å²) in [6, 6.07) is 1.79. The van der Waals surface area contributed by atoms with E-state index in [-0.39, 0.29) is 12.1 Å². The second-order valence-electron chi connectivity index (χ2n) is 4.28. The van der Waals surface area contributed by atoms with E-state index >= 15 is 0 Å². The Hall–Kier alpha value is -2.26. The van der Waals surface area contributed by atoms with E-state index in [1.807, 2.05) is 18.9 Å². The standard InChI is InChI=1S/C11H18N8O/c1-8(20-3)7-18(2)10-14-9(17-12)15-11(16-10)19-6-4-5-13-19/h4-6,8H,7,12H2,1-3H3,(H,14,15,16,17). The molecule has 0 fully saturated rings. The number of hydrazine groups is 1. The molecule has 9 nitrogen and oxygen atoms in total. The number of nitrogens with two attached hydrogens (primary N) is 1. The van der Waals surface area contributed by atoms with Gasteiger partial charge in [-0.05, 0) is 13.0 Å². The van der Waals surface area contributed by atoms with Crippen LogP contribution >= 0.6 is 0 Å². The van der Waals surface area contributed by atoms with Crippen LogP contribution in [-0.4, -0.2) is 51.5 Å². The van der Waals surface area contributed by atoms with Gasteiger partial charge >= 0.3 is 0 Å². The van der Waals surface area contributed by atoms with Gasteiger partial charge in [-0.3, -0.25) is 5.43 Å². The van der Waals surface area contributed by atoms with Gasteiger partial charge in [-0.15, -0.1) is 0 Å². The number of rotatable bonds is 6. The lowest BCUT2D eigenvalue weighted by Gasteiger charge is -2.21. The number of likely N-dealkylation sites (N-methyl/N-ethyl adjacent to an activating group) is 1. The molecule has 0 amide bonds. The third-order valence-electron chi connectivity index (χ3n) is 2.72. The Morgan fingerprint density at radius 1 is 1.45 bits per heavy atom. The van der Waals surface area contributed by atoms with Gasteiger partial charge in [-0.1, -0.05) is 0 Å². The summed E-state index contributed by atoms with van der Waals surface area (Å²) in [5.41, 5.74) is 2.43. The maximum absolute atomic E-state index is 5.39. The fourth-order valence-corrected chi connectivity index (χ4v) is 1.62. The van der Waals surface area contributed by atoms with E-state index in [2.05, 4.69) is 25.5 Å². The highest BCUT2D eigenvalue weighted by Gasteiger charge is 2.13. The molecule has 0 spiro atoms. The molecule has 0 aromatic carbocycles. The summed E-state index contributed by atoms with van der Waals surface area (Å²) in [7, 11) is 3.53. The zero-order chi connectivity index (χ0) is 14.5. The lowest BCUT2D eigenvalue weighted by atomic mass is 10.4. The predicted octanol–water partition coefficient (Wildman–Crippen LogP) is -0.186. The summed E-state index contributed by atoms with van der Waals surface area (Å²) in [6.07, 6.45) is 3.45. The van der Waals surface area contributed by atoms with Crippen LogP contribution in [0.25, 0.3) is 5.95 Å². The van der Waals surface area contributed by atoms with Gasteiger partial charge in [0.15, 0.2) is 0 Å². The van der Waals surface area contributed by atoms with Crippen molar-refractivity contribution in [3.05, 3.63) is 18.5 Å². The molecule has 0 saturated heterocycles. The largest absolute Gasteiger partial charge is 0.380 e. The van der Waals surface area contributed by atoms with Crippen LogP contribution in [0.4, 0.5) is 11.9 Å². The molecule has 2 aromatic heterocycles. The van der Waals surface area contributed by atoms with Crippen molar-refractivity contribution in [3.8, 4) is 5.95 Å². The van der Waals surface area contributed by atoms with Crippen molar-refractivity contribution >= 4 is 11.9 Å². The minimum atomic E-state index is 0.0548. The Bertz CT molecular complexity index is 543. The molecule has 1 atom stereocenters. The summed E-state index contributed by atoms with van der Waals surface area (Å²) in [6.45, 7) is 2.61. The van der Waals surface area contributed by atoms with Gasteiger partial charge in [0.25, 0.3) is 5.95 Å². The van der Waals surface area contributed by atoms with E-state index in [4.69, 9.17) is 10.6 Å². The number of nitrogen functional groups attached to an aromatic ring is 1. The van der Waals surface area contributed by atoms with Gasteiger partial charge in [-0.2, -0.15) is 20.1 Å². The summed E-state index contributed by atoms with van der Waals surface area (Å²) in [4.78, 5) is 14.6. The van der Waals surface area contributed by atoms with Crippen molar-refractivity contribution in [2.75, 3.05) is 31.0 Å². The number of aromatic nitrogens is 5. The van der Waals surface area contributed by atoms with Crippen LogP contribution < -0.4 is 16.2 Å². The summed E-state index contributed by atoms with van der Waals surface area (Å²) < 4.78 is 6.77. The van der Waals surface area contributed by atoms with E-state index < -0.39 is 0 Å². The monoisotopic (exact) mass is 278 g/mol. The quantitative estimate of drug-likeness (QED) is 0.553. The Kier molecular flexibility index (Phi) is 4.43. The maximum Gasteiger partial charge on any atom is 0.257 e. The third-order valence-corrected chi connectivity index (χ3v) is 2.72. The van der Waals surface area contributed by atoms with Crippen molar-refractivity contribution in [1.29, 1.82) is 0 Å². The molecule has 20 heavy (non-hydrogen) atoms. The fourth-order valence-electron chi connectivity index (χ4n) is 1.62. The predicted molar refractivity (Wildman–Crippen MR) is 74.5 cm³/mol. The van der Waals surface area contributed by atoms with Gasteiger partial charge in [0, 0.05) is 33.1 Å². The fraction of sp³-hybridized carbons (Fsp3) is 0.455. The molecule has 0 bridgehead atoms. The van der Waals surface area contributed by atoms with Crippen molar-refractivity contribution in [2.45, 2.75) is 13.0 Å². The first-order valence-electron chi connectivity index (χ1n) is 6.10. The highest BCUT2D eigenvalue weighted by atomic mass is 16.5. The van der Waals surface area contributed by atoms with Crippen LogP contribution in [0.2, 0.25) is 0 Å². The maximum atomic E-state index is 5.39. The van der Waals surface area contributed by atoms with Gasteiger partial charge in [0.2, 0.25) is 11.9 Å². The highest BCUT2D eigenvalue weighted by Crippen LogP contribution is 2.11. The minimum Gasteiger partial charge on any atom is -0.380 e. The number of methoxy groups -OCH3 is 1. The number of ether oxygens (including phenoxy) is 1. The molecule has 1 unspecified atom stereocenters. The molecule has 0 aliphatic rings. The molecule has 2 heterocycles. The Morgan fingerprint density at radius 2 is 2.25 bits per heavy atom. The zero-order valence-corrected chi connectivity index (χ0v) is 11.7. The van der Waals surface area contributed by atoms with E-state index in [1.54, 1.807) is 30.3 Å². The third kappa shape index (κ3) is 3.19. The lowest BCUT2D eigenvalue weighted by Crippen LogP contribution is -2.30. The molecule has 0 aliphatic heterocycles. The van der Waals surface area contributed by atoms with Crippen LogP contribution in [0.3, 0.4) is 0 Å². The second-order valence-corrected chi connectivity index (χ2v) is 4.28. The Balaban J connectivity index is 2.31. The smallest absolute Gasteiger partial charge is 0.257 e. The molecular formula is C11H18N8O. The number of nitrogens with zero attached hydrogens (tertiary/aromatic N) is 6. The number of hydrogen-bond donors (Lipinski definition) is 2. The molecule has 108 valence electrons. The SMILES string of the molecule is COC(C)CN(C)c1nc(NN)nc(-n2cccn2)n1. The molecular weight excluding hydrogens is 260 g/mol. The number of nitrogens with one attached hydrogen (secondary N) is 1. The van der Waals surface area contributed by atoms with E-state index in [1.165, 1.54) is 0 Å². The van der Waals surface area contributed by atoms with Gasteiger partial charge < -0.3 is 9.64 Å². The van der Waals surface area contributed by atoms with Crippen molar-refractivity contribution in [3.63, 3.8) is 0 Å². The van der Waals surface area contributed by atoms with Crippen molar-refractivity contribution < 1.29 is 4.74 Å². The van der Waals surface area contributed by atoms with Crippen molar-refractivity contribution in [1.82, 2.24) is 24.7 Å². The van der Waals surface area contributed by atoms with Gasteiger partial charge in [-0.25, -0.2) is 10.5 Å². The average Bonchev–Trinajstić information content (AvgIpc) is 3.00. The molecule has 9 heteroatoms. The topological polar surface area (TPSA) is 107 Å². The Labute approximate surface area is 116 Å². The first kappa shape index (κ1) is 14.2. The first-order chi connectivity index (χ1) is 9.63. The lowest BCUT2D eigenvalue weighted by molar-refractivity contribution is 0.124. The van der Waals surface area contributed by atoms with Crippen LogP contribution in [0.5, 0.6) is 0 Å². The average molecular weight is 278 g/mol. The number of hydrogen-bond acceptors (Lipinski definition) is 8. The van der Waals surface area contributed by atoms with Gasteiger partial charge in [0.05, 0.1) is 6.10 Å². The number of anilines is 2. The summed E-state index contributed by atoms with van der Waals surface area (Å²) >= 11 is 0. The van der Waals surface area contributed by atoms with E-state index in [0.717, 1.165) is 0 Å². The van der Waals surface area contributed by atoms with Gasteiger partial charge in [0.1, 0.15) is 0 Å². The molecule has 2 rings (SSSR count). The summed E-state index contributed by atoms with van der Waals surface area (Å²) in [5, 5.41) is 4.09. The minimum absolute atomic E-state index is 0.0548. The van der Waals surface area contributed by atoms with Crippen LogP contribution in [0.15, 0.2) is 18.5 Å². The Morgan fingerprint density at radius 3 is 2.85 bits per heavy atom. The summed E-state index contributed by atoms with van der Waals surface area (Å²) in [5.74, 6) is 6.55. The normalized spacial score (nSPS) is 12.2. The highest BCUT2D eigenvalue weighted by molar-refractivity contribution is 5.38. The van der Waals surface area contributed by atoms with Crippen LogP contribution in [0, 0.1) is 0 Å².